The SMILES string of the molecule is C[C@H](C(=O)NC(CO)(CO)COC(=O)[C@@H](C)c1cccc(C(=O)c2ccccc2)c1)c1cccc(C(=O)c2ccccc2)c1. The van der Waals surface area contributed by atoms with Gasteiger partial charge in [-0.1, -0.05) is 97.1 Å². The lowest BCUT2D eigenvalue weighted by atomic mass is 9.93. The molecule has 0 saturated carbocycles. The van der Waals surface area contributed by atoms with E-state index in [4.69, 9.17) is 4.74 Å². The Labute approximate surface area is 256 Å². The summed E-state index contributed by atoms with van der Waals surface area (Å²) in [5.41, 5.74) is 1.35. The largest absolute Gasteiger partial charge is 0.463 e. The van der Waals surface area contributed by atoms with Gasteiger partial charge in [-0.3, -0.25) is 19.2 Å². The van der Waals surface area contributed by atoms with E-state index >= 15 is 0 Å². The van der Waals surface area contributed by atoms with Gasteiger partial charge >= 0.3 is 5.97 Å². The molecule has 0 radical (unpaired) electrons. The average molecular weight is 594 g/mol. The van der Waals surface area contributed by atoms with Crippen molar-refractivity contribution in [2.24, 2.45) is 0 Å². The van der Waals surface area contributed by atoms with Crippen LogP contribution in [0.5, 0.6) is 0 Å². The molecule has 0 bridgehead atoms. The fourth-order valence-corrected chi connectivity index (χ4v) is 4.66. The maximum Gasteiger partial charge on any atom is 0.313 e. The van der Waals surface area contributed by atoms with Crippen LogP contribution in [0.3, 0.4) is 0 Å². The van der Waals surface area contributed by atoms with Crippen molar-refractivity contribution in [3.63, 3.8) is 0 Å². The summed E-state index contributed by atoms with van der Waals surface area (Å²) < 4.78 is 5.47. The number of nitrogens with one attached hydrogen (secondary N) is 1. The number of aliphatic hydroxyl groups excluding tert-OH is 2. The molecule has 1 amide bonds. The molecular weight excluding hydrogens is 558 g/mol. The summed E-state index contributed by atoms with van der Waals surface area (Å²) in [6, 6.07) is 31.0. The first-order valence-electron chi connectivity index (χ1n) is 14.3. The summed E-state index contributed by atoms with van der Waals surface area (Å²) in [6.45, 7) is 1.38. The zero-order chi connectivity index (χ0) is 31.7. The lowest BCUT2D eigenvalue weighted by molar-refractivity contribution is -0.150. The minimum atomic E-state index is -1.65. The van der Waals surface area contributed by atoms with Gasteiger partial charge in [0.05, 0.1) is 25.0 Å². The van der Waals surface area contributed by atoms with E-state index < -0.39 is 49.1 Å². The first-order chi connectivity index (χ1) is 21.2. The van der Waals surface area contributed by atoms with E-state index in [1.165, 1.54) is 0 Å². The third-order valence-electron chi connectivity index (χ3n) is 7.60. The smallest absolute Gasteiger partial charge is 0.313 e. The van der Waals surface area contributed by atoms with Crippen LogP contribution < -0.4 is 5.32 Å². The normalized spacial score (nSPS) is 12.5. The van der Waals surface area contributed by atoms with Crippen LogP contribution in [0.2, 0.25) is 0 Å². The van der Waals surface area contributed by atoms with E-state index in [2.05, 4.69) is 5.32 Å². The third-order valence-corrected chi connectivity index (χ3v) is 7.60. The molecule has 0 aliphatic carbocycles. The highest BCUT2D eigenvalue weighted by Gasteiger charge is 2.35. The van der Waals surface area contributed by atoms with Gasteiger partial charge in [0, 0.05) is 22.3 Å². The number of carbonyl (C=O) groups is 4. The maximum atomic E-state index is 13.3. The topological polar surface area (TPSA) is 130 Å². The second-order valence-corrected chi connectivity index (χ2v) is 10.8. The molecule has 0 unspecified atom stereocenters. The Balaban J connectivity index is 1.42. The molecule has 0 spiro atoms. The van der Waals surface area contributed by atoms with E-state index in [1.807, 2.05) is 12.1 Å². The van der Waals surface area contributed by atoms with E-state index in [-0.39, 0.29) is 11.6 Å². The van der Waals surface area contributed by atoms with Gasteiger partial charge in [-0.15, -0.1) is 0 Å². The highest BCUT2D eigenvalue weighted by atomic mass is 16.5. The molecule has 8 heteroatoms. The minimum Gasteiger partial charge on any atom is -0.463 e. The number of benzene rings is 4. The Morgan fingerprint density at radius 3 is 1.52 bits per heavy atom. The maximum absolute atomic E-state index is 13.3. The fourth-order valence-electron chi connectivity index (χ4n) is 4.66. The van der Waals surface area contributed by atoms with Crippen LogP contribution in [0.4, 0.5) is 0 Å². The molecule has 44 heavy (non-hydrogen) atoms. The predicted octanol–water partition coefficient (Wildman–Crippen LogP) is 4.44. The molecule has 4 rings (SSSR count). The molecule has 0 saturated heterocycles. The number of hydrogen-bond acceptors (Lipinski definition) is 7. The number of carbonyl (C=O) groups excluding carboxylic acids is 4. The summed E-state index contributed by atoms with van der Waals surface area (Å²) in [7, 11) is 0. The van der Waals surface area contributed by atoms with Crippen molar-refractivity contribution in [1.82, 2.24) is 5.32 Å². The van der Waals surface area contributed by atoms with Crippen LogP contribution in [-0.2, 0) is 14.3 Å². The third kappa shape index (κ3) is 7.53. The Kier molecular flexibility index (Phi) is 10.6. The molecule has 0 aliphatic rings. The zero-order valence-corrected chi connectivity index (χ0v) is 24.6. The van der Waals surface area contributed by atoms with Gasteiger partial charge < -0.3 is 20.3 Å². The highest BCUT2D eigenvalue weighted by molar-refractivity contribution is 6.09. The van der Waals surface area contributed by atoms with Gasteiger partial charge in [0.15, 0.2) is 11.6 Å². The van der Waals surface area contributed by atoms with E-state index in [0.29, 0.717) is 33.4 Å². The summed E-state index contributed by atoms with van der Waals surface area (Å²) in [5.74, 6) is -3.08. The molecule has 3 N–H and O–H groups in total. The van der Waals surface area contributed by atoms with Crippen molar-refractivity contribution in [1.29, 1.82) is 0 Å². The van der Waals surface area contributed by atoms with Crippen LogP contribution >= 0.6 is 0 Å². The molecule has 8 nitrogen and oxygen atoms in total. The molecule has 0 aromatic heterocycles. The molecule has 226 valence electrons. The number of rotatable bonds is 13. The highest BCUT2D eigenvalue weighted by Crippen LogP contribution is 2.23. The fraction of sp³-hybridized carbons (Fsp3) is 0.222. The van der Waals surface area contributed by atoms with E-state index in [9.17, 15) is 29.4 Å². The van der Waals surface area contributed by atoms with Crippen LogP contribution in [-0.4, -0.2) is 59.0 Å². The van der Waals surface area contributed by atoms with Crippen LogP contribution in [0.25, 0.3) is 0 Å². The van der Waals surface area contributed by atoms with Gasteiger partial charge in [-0.2, -0.15) is 0 Å². The second-order valence-electron chi connectivity index (χ2n) is 10.8. The molecule has 0 heterocycles. The van der Waals surface area contributed by atoms with Gasteiger partial charge in [0.25, 0.3) is 0 Å². The summed E-state index contributed by atoms with van der Waals surface area (Å²) in [6.07, 6.45) is 0. The quantitative estimate of drug-likeness (QED) is 0.154. The number of ether oxygens (including phenoxy) is 1. The average Bonchev–Trinajstić information content (AvgIpc) is 3.09. The van der Waals surface area contributed by atoms with Crippen LogP contribution in [0.15, 0.2) is 109 Å². The Morgan fingerprint density at radius 2 is 1.07 bits per heavy atom. The number of amides is 1. The number of esters is 1. The van der Waals surface area contributed by atoms with Gasteiger partial charge in [0.2, 0.25) is 5.91 Å². The molecule has 0 aliphatic heterocycles. The second kappa shape index (κ2) is 14.5. The monoisotopic (exact) mass is 593 g/mol. The predicted molar refractivity (Wildman–Crippen MR) is 165 cm³/mol. The van der Waals surface area contributed by atoms with Gasteiger partial charge in [-0.25, -0.2) is 0 Å². The number of aliphatic hydroxyl groups is 2. The minimum absolute atomic E-state index is 0.181. The van der Waals surface area contributed by atoms with Crippen LogP contribution in [0.1, 0.15) is 68.7 Å². The van der Waals surface area contributed by atoms with Gasteiger partial charge in [0.1, 0.15) is 12.1 Å². The molecule has 2 atom stereocenters. The van der Waals surface area contributed by atoms with Gasteiger partial charge in [-0.05, 0) is 37.1 Å². The van der Waals surface area contributed by atoms with Crippen molar-refractivity contribution in [3.8, 4) is 0 Å². The van der Waals surface area contributed by atoms with Crippen molar-refractivity contribution in [2.75, 3.05) is 19.8 Å². The number of ketones is 2. The molecule has 4 aromatic carbocycles. The first kappa shape index (κ1) is 32.0. The summed E-state index contributed by atoms with van der Waals surface area (Å²) >= 11 is 0. The van der Waals surface area contributed by atoms with Crippen LogP contribution in [0, 0.1) is 0 Å². The van der Waals surface area contributed by atoms with E-state index in [0.717, 1.165) is 0 Å². The summed E-state index contributed by atoms with van der Waals surface area (Å²) in [4.78, 5) is 52.1. The van der Waals surface area contributed by atoms with Crippen molar-refractivity contribution < 1.29 is 34.1 Å². The van der Waals surface area contributed by atoms with E-state index in [1.54, 1.807) is 111 Å². The van der Waals surface area contributed by atoms with Crippen molar-refractivity contribution >= 4 is 23.4 Å². The Morgan fingerprint density at radius 1 is 0.636 bits per heavy atom. The van der Waals surface area contributed by atoms with Crippen molar-refractivity contribution in [2.45, 2.75) is 31.2 Å². The zero-order valence-electron chi connectivity index (χ0n) is 24.6. The van der Waals surface area contributed by atoms with Crippen molar-refractivity contribution in [3.05, 3.63) is 143 Å². The first-order valence-corrected chi connectivity index (χ1v) is 14.3. The molecular formula is C36H35NO7. The molecule has 0 fully saturated rings. The Bertz CT molecular complexity index is 1610. The number of hydrogen-bond donors (Lipinski definition) is 3. The standard InChI is InChI=1S/C36H35NO7/c1-24(28-15-9-17-30(19-28)32(40)26-11-5-3-6-12-26)34(42)37-36(21-38,22-39)23-44-35(43)25(2)29-16-10-18-31(20-29)33(41)27-13-7-4-8-14-27/h3-20,24-25,38-39H,21-23H2,1-2H3,(H,37,42)/t24-,25-/m0/s1. The lowest BCUT2D eigenvalue weighted by Gasteiger charge is -2.32. The molecule has 4 aromatic rings. The lowest BCUT2D eigenvalue weighted by Crippen LogP contribution is -2.58. The summed E-state index contributed by atoms with van der Waals surface area (Å²) in [5, 5.41) is 22.9. The Hall–Kier alpha value is -4.92.